The summed E-state index contributed by atoms with van der Waals surface area (Å²) in [6.45, 7) is 4.74. The minimum atomic E-state index is 0.199. The summed E-state index contributed by atoms with van der Waals surface area (Å²) in [7, 11) is 1.69. The Morgan fingerprint density at radius 2 is 2.11 bits per heavy atom. The number of methoxy groups -OCH3 is 1. The molecular formula is C6H13LiO2. The second kappa shape index (κ2) is 5.31. The van der Waals surface area contributed by atoms with Gasteiger partial charge in [-0.1, -0.05) is 0 Å². The quantitative estimate of drug-likeness (QED) is 0.509. The normalized spacial score (nSPS) is 17.4. The molecule has 0 N–H and O–H groups in total. The summed E-state index contributed by atoms with van der Waals surface area (Å²) in [5.74, 6) is 0. The molecule has 2 unspecified atom stereocenters. The molecule has 0 heterocycles. The van der Waals surface area contributed by atoms with Gasteiger partial charge in [0.25, 0.3) is 0 Å². The number of rotatable bonds is 4. The Balaban J connectivity index is 3.32. The zero-order valence-electron chi connectivity index (χ0n) is 6.68. The molecule has 0 spiro atoms. The van der Waals surface area contributed by atoms with Crippen molar-refractivity contribution in [3.63, 3.8) is 0 Å². The van der Waals surface area contributed by atoms with Crippen molar-refractivity contribution in [1.29, 1.82) is 0 Å². The van der Waals surface area contributed by atoms with Gasteiger partial charge >= 0.3 is 65.6 Å². The van der Waals surface area contributed by atoms with Crippen molar-refractivity contribution in [1.82, 2.24) is 0 Å². The summed E-state index contributed by atoms with van der Waals surface area (Å²) >= 11 is 2.01. The van der Waals surface area contributed by atoms with Gasteiger partial charge in [-0.05, 0) is 0 Å². The monoisotopic (exact) mass is 124 g/mol. The molecule has 0 aliphatic rings. The molecule has 0 aliphatic carbocycles. The van der Waals surface area contributed by atoms with Crippen LogP contribution < -0.4 is 0 Å². The van der Waals surface area contributed by atoms with E-state index in [4.69, 9.17) is 9.47 Å². The second-order valence-electron chi connectivity index (χ2n) is 2.10. The van der Waals surface area contributed by atoms with Crippen molar-refractivity contribution < 1.29 is 9.47 Å². The van der Waals surface area contributed by atoms with Crippen molar-refractivity contribution in [2.75, 3.05) is 13.7 Å². The molecule has 0 fully saturated rings. The van der Waals surface area contributed by atoms with Crippen molar-refractivity contribution in [2.45, 2.75) is 24.7 Å². The SMILES string of the molecule is [Li][CH](OCC)C(C)OC. The molecule has 0 saturated carbocycles. The zero-order chi connectivity index (χ0) is 7.28. The van der Waals surface area contributed by atoms with E-state index in [1.807, 2.05) is 31.6 Å². The molecule has 0 aromatic rings. The van der Waals surface area contributed by atoms with Crippen LogP contribution in [-0.4, -0.2) is 42.3 Å². The summed E-state index contributed by atoms with van der Waals surface area (Å²) in [5, 5.41) is 0. The Labute approximate surface area is 66.1 Å². The average molecular weight is 124 g/mol. The molecule has 50 valence electrons. The Morgan fingerprint density at radius 3 is 2.44 bits per heavy atom. The summed E-state index contributed by atoms with van der Waals surface area (Å²) in [6.07, 6.45) is 0.199. The van der Waals surface area contributed by atoms with Gasteiger partial charge in [0.1, 0.15) is 0 Å². The standard InChI is InChI=1S/C6H13O2.Li/c1-4-8-5-6(2)7-3;/h5-6H,4H2,1-3H3;. The maximum absolute atomic E-state index is 5.27. The van der Waals surface area contributed by atoms with Crippen molar-refractivity contribution in [3.8, 4) is 0 Å². The molecule has 0 saturated heterocycles. The molecule has 3 heteroatoms. The van der Waals surface area contributed by atoms with Crippen LogP contribution in [0, 0.1) is 0 Å². The molecule has 0 aromatic carbocycles. The van der Waals surface area contributed by atoms with Gasteiger partial charge < -0.3 is 0 Å². The first kappa shape index (κ1) is 9.52. The number of hydrogen-bond donors (Lipinski definition) is 0. The van der Waals surface area contributed by atoms with E-state index in [0.29, 0.717) is 0 Å². The second-order valence-corrected chi connectivity index (χ2v) is 2.10. The summed E-state index contributed by atoms with van der Waals surface area (Å²) in [6, 6.07) is 0. The fraction of sp³-hybridized carbons (Fsp3) is 1.00. The maximum atomic E-state index is 5.27. The van der Waals surface area contributed by atoms with Crippen LogP contribution >= 0.6 is 0 Å². The van der Waals surface area contributed by atoms with Gasteiger partial charge in [0.15, 0.2) is 0 Å². The predicted molar refractivity (Wildman–Crippen MR) is 37.6 cm³/mol. The molecule has 2 atom stereocenters. The van der Waals surface area contributed by atoms with Crippen LogP contribution in [-0.2, 0) is 9.47 Å². The Hall–Kier alpha value is 0.517. The number of ether oxygens (including phenoxy) is 2. The van der Waals surface area contributed by atoms with Gasteiger partial charge in [0.05, 0.1) is 0 Å². The molecule has 0 amide bonds. The molecule has 0 aliphatic heterocycles. The van der Waals surface area contributed by atoms with Crippen molar-refractivity contribution in [2.24, 2.45) is 0 Å². The fourth-order valence-electron chi connectivity index (χ4n) is 0.590. The van der Waals surface area contributed by atoms with E-state index in [9.17, 15) is 0 Å². The molecule has 2 nitrogen and oxygen atoms in total. The van der Waals surface area contributed by atoms with Gasteiger partial charge in [-0.2, -0.15) is 0 Å². The molecule has 0 aromatic heterocycles. The third-order valence-electron chi connectivity index (χ3n) is 1.46. The van der Waals surface area contributed by atoms with Crippen molar-refractivity contribution >= 4 is 17.7 Å². The van der Waals surface area contributed by atoms with Gasteiger partial charge in [0, 0.05) is 0 Å². The Morgan fingerprint density at radius 1 is 1.56 bits per heavy atom. The minimum absolute atomic E-state index is 0.199. The summed E-state index contributed by atoms with van der Waals surface area (Å²) < 4.78 is 10.5. The van der Waals surface area contributed by atoms with Crippen LogP contribution in [0.3, 0.4) is 0 Å². The van der Waals surface area contributed by atoms with E-state index < -0.39 is 0 Å². The summed E-state index contributed by atoms with van der Waals surface area (Å²) in [5.41, 5.74) is 0. The van der Waals surface area contributed by atoms with Gasteiger partial charge in [-0.25, -0.2) is 0 Å². The van der Waals surface area contributed by atoms with Crippen molar-refractivity contribution in [3.05, 3.63) is 0 Å². The van der Waals surface area contributed by atoms with Crippen LogP contribution in [0.5, 0.6) is 0 Å². The Kier molecular flexibility index (Phi) is 5.62. The van der Waals surface area contributed by atoms with Crippen LogP contribution in [0.1, 0.15) is 13.8 Å². The van der Waals surface area contributed by atoms with Gasteiger partial charge in [-0.3, -0.25) is 0 Å². The van der Waals surface area contributed by atoms with Gasteiger partial charge in [0.2, 0.25) is 0 Å². The van der Waals surface area contributed by atoms with E-state index in [1.165, 1.54) is 0 Å². The first-order valence-electron chi connectivity index (χ1n) is 3.36. The first-order chi connectivity index (χ1) is 4.22. The Bertz CT molecular complexity index is 68.1. The van der Waals surface area contributed by atoms with E-state index >= 15 is 0 Å². The number of hydrogen-bond acceptors (Lipinski definition) is 2. The third-order valence-corrected chi connectivity index (χ3v) is 1.46. The third kappa shape index (κ3) is 3.99. The van der Waals surface area contributed by atoms with E-state index in [2.05, 4.69) is 0 Å². The fourth-order valence-corrected chi connectivity index (χ4v) is 0.590. The van der Waals surface area contributed by atoms with Gasteiger partial charge in [-0.15, -0.1) is 0 Å². The molecule has 0 radical (unpaired) electrons. The van der Waals surface area contributed by atoms with Crippen LogP contribution in [0.2, 0.25) is 0 Å². The first-order valence-corrected chi connectivity index (χ1v) is 3.36. The van der Waals surface area contributed by atoms with E-state index in [-0.39, 0.29) is 10.9 Å². The molecular weight excluding hydrogens is 111 g/mol. The average Bonchev–Trinajstić information content (AvgIpc) is 1.87. The van der Waals surface area contributed by atoms with Crippen LogP contribution in [0.4, 0.5) is 0 Å². The van der Waals surface area contributed by atoms with Crippen LogP contribution in [0.25, 0.3) is 0 Å². The summed E-state index contributed by atoms with van der Waals surface area (Å²) in [4.78, 5) is 0. The van der Waals surface area contributed by atoms with Crippen LogP contribution in [0.15, 0.2) is 0 Å². The molecule has 9 heavy (non-hydrogen) atoms. The topological polar surface area (TPSA) is 18.5 Å². The zero-order valence-corrected chi connectivity index (χ0v) is 6.68. The molecule has 0 bridgehead atoms. The molecule has 0 rings (SSSR count). The van der Waals surface area contributed by atoms with E-state index in [1.54, 1.807) is 7.11 Å². The predicted octanol–water partition coefficient (Wildman–Crippen LogP) is 0.552. The van der Waals surface area contributed by atoms with E-state index in [0.717, 1.165) is 6.61 Å².